The van der Waals surface area contributed by atoms with Crippen molar-refractivity contribution in [3.8, 4) is 5.75 Å². The zero-order chi connectivity index (χ0) is 11.4. The van der Waals surface area contributed by atoms with Gasteiger partial charge in [-0.3, -0.25) is 0 Å². The predicted octanol–water partition coefficient (Wildman–Crippen LogP) is 3.11. The molecule has 0 spiro atoms. The van der Waals surface area contributed by atoms with Crippen molar-refractivity contribution in [3.05, 3.63) is 59.7 Å². The van der Waals surface area contributed by atoms with Crippen LogP contribution in [0.1, 0.15) is 11.1 Å². The lowest BCUT2D eigenvalue weighted by molar-refractivity contribution is 0.304. The summed E-state index contributed by atoms with van der Waals surface area (Å²) in [6, 6.07) is 10.9. The van der Waals surface area contributed by atoms with Gasteiger partial charge in [-0.15, -0.1) is 0 Å². The molecule has 2 aromatic rings. The fourth-order valence-corrected chi connectivity index (χ4v) is 1.30. The molecule has 0 aliphatic heterocycles. The Kier molecular flexibility index (Phi) is 3.15. The van der Waals surface area contributed by atoms with Crippen LogP contribution in [0.3, 0.4) is 0 Å². The van der Waals surface area contributed by atoms with E-state index in [1.807, 2.05) is 31.2 Å². The molecule has 0 fully saturated rings. The quantitative estimate of drug-likeness (QED) is 0.737. The van der Waals surface area contributed by atoms with Gasteiger partial charge < -0.3 is 4.74 Å². The van der Waals surface area contributed by atoms with Gasteiger partial charge >= 0.3 is 0 Å². The van der Waals surface area contributed by atoms with E-state index in [9.17, 15) is 4.39 Å². The lowest BCUT2D eigenvalue weighted by atomic mass is 10.2. The molecule has 1 aromatic heterocycles. The summed E-state index contributed by atoms with van der Waals surface area (Å²) in [5, 5.41) is 0. The summed E-state index contributed by atoms with van der Waals surface area (Å²) in [5.74, 6) is 0.0738. The Morgan fingerprint density at radius 3 is 2.50 bits per heavy atom. The first-order chi connectivity index (χ1) is 7.74. The highest BCUT2D eigenvalue weighted by Gasteiger charge is 1.97. The second-order valence-electron chi connectivity index (χ2n) is 3.59. The molecule has 0 radical (unpaired) electrons. The molecule has 2 rings (SSSR count). The summed E-state index contributed by atoms with van der Waals surface area (Å²) < 4.78 is 18.0. The third-order valence-electron chi connectivity index (χ3n) is 2.23. The maximum Gasteiger partial charge on any atom is 0.213 e. The number of ether oxygens (including phenoxy) is 1. The Labute approximate surface area is 93.7 Å². The third-order valence-corrected chi connectivity index (χ3v) is 2.23. The molecule has 3 heteroatoms. The van der Waals surface area contributed by atoms with Crippen LogP contribution in [0.4, 0.5) is 4.39 Å². The summed E-state index contributed by atoms with van der Waals surface area (Å²) in [6.07, 6.45) is 1.38. The molecule has 0 aliphatic carbocycles. The molecule has 0 aliphatic rings. The molecule has 0 atom stereocenters. The zero-order valence-electron chi connectivity index (χ0n) is 8.98. The van der Waals surface area contributed by atoms with Gasteiger partial charge in [0.05, 0.1) is 6.20 Å². The van der Waals surface area contributed by atoms with Gasteiger partial charge in [0.2, 0.25) is 5.95 Å². The standard InChI is InChI=1S/C13H12FNO/c1-10-2-4-11(5-3-10)9-16-12-6-7-13(14)15-8-12/h2-8H,9H2,1H3. The lowest BCUT2D eigenvalue weighted by Gasteiger charge is -2.05. The highest BCUT2D eigenvalue weighted by Crippen LogP contribution is 2.11. The summed E-state index contributed by atoms with van der Waals surface area (Å²) in [4.78, 5) is 3.51. The van der Waals surface area contributed by atoms with Crippen molar-refractivity contribution >= 4 is 0 Å². The molecular formula is C13H12FNO. The summed E-state index contributed by atoms with van der Waals surface area (Å²) >= 11 is 0. The molecule has 0 saturated carbocycles. The molecule has 0 N–H and O–H groups in total. The van der Waals surface area contributed by atoms with Crippen LogP contribution in [0, 0.1) is 12.9 Å². The highest BCUT2D eigenvalue weighted by molar-refractivity contribution is 5.22. The minimum Gasteiger partial charge on any atom is -0.487 e. The van der Waals surface area contributed by atoms with Crippen LogP contribution in [0.15, 0.2) is 42.6 Å². The van der Waals surface area contributed by atoms with Gasteiger partial charge in [-0.2, -0.15) is 4.39 Å². The lowest BCUT2D eigenvalue weighted by Crippen LogP contribution is -1.96. The maximum absolute atomic E-state index is 12.5. The van der Waals surface area contributed by atoms with Crippen molar-refractivity contribution in [2.45, 2.75) is 13.5 Å². The van der Waals surface area contributed by atoms with Crippen molar-refractivity contribution in [1.29, 1.82) is 0 Å². The van der Waals surface area contributed by atoms with E-state index in [0.717, 1.165) is 5.56 Å². The number of benzene rings is 1. The molecule has 0 amide bonds. The first-order valence-corrected chi connectivity index (χ1v) is 5.04. The van der Waals surface area contributed by atoms with E-state index in [1.54, 1.807) is 6.07 Å². The molecule has 0 bridgehead atoms. The molecule has 16 heavy (non-hydrogen) atoms. The summed E-state index contributed by atoms with van der Waals surface area (Å²) in [6.45, 7) is 2.50. The molecule has 2 nitrogen and oxygen atoms in total. The largest absolute Gasteiger partial charge is 0.487 e. The molecule has 0 unspecified atom stereocenters. The number of nitrogens with zero attached hydrogens (tertiary/aromatic N) is 1. The number of aromatic nitrogens is 1. The summed E-state index contributed by atoms with van der Waals surface area (Å²) in [5.41, 5.74) is 2.29. The molecule has 1 aromatic carbocycles. The Bertz CT molecular complexity index is 405. The van der Waals surface area contributed by atoms with E-state index in [1.165, 1.54) is 17.8 Å². The zero-order valence-corrected chi connectivity index (χ0v) is 8.98. The Morgan fingerprint density at radius 2 is 1.88 bits per heavy atom. The highest BCUT2D eigenvalue weighted by atomic mass is 19.1. The smallest absolute Gasteiger partial charge is 0.213 e. The minimum absolute atomic E-state index is 0.466. The number of hydrogen-bond acceptors (Lipinski definition) is 2. The van der Waals surface area contributed by atoms with Gasteiger partial charge in [0.25, 0.3) is 0 Å². The van der Waals surface area contributed by atoms with Crippen LogP contribution >= 0.6 is 0 Å². The van der Waals surface area contributed by atoms with Gasteiger partial charge in [-0.1, -0.05) is 29.8 Å². The summed E-state index contributed by atoms with van der Waals surface area (Å²) in [7, 11) is 0. The van der Waals surface area contributed by atoms with Crippen molar-refractivity contribution in [2.24, 2.45) is 0 Å². The van der Waals surface area contributed by atoms with Gasteiger partial charge in [0, 0.05) is 0 Å². The van der Waals surface area contributed by atoms with Gasteiger partial charge in [0.1, 0.15) is 12.4 Å². The van der Waals surface area contributed by atoms with E-state index in [0.29, 0.717) is 12.4 Å². The Morgan fingerprint density at radius 1 is 1.12 bits per heavy atom. The number of aryl methyl sites for hydroxylation is 1. The molecule has 82 valence electrons. The minimum atomic E-state index is -0.498. The molecule has 0 saturated heterocycles. The average Bonchev–Trinajstić information content (AvgIpc) is 2.30. The second-order valence-corrected chi connectivity index (χ2v) is 3.59. The number of hydrogen-bond donors (Lipinski definition) is 0. The van der Waals surface area contributed by atoms with E-state index in [2.05, 4.69) is 4.98 Å². The normalized spacial score (nSPS) is 10.1. The first-order valence-electron chi connectivity index (χ1n) is 5.04. The molecule has 1 heterocycles. The Hall–Kier alpha value is -1.90. The maximum atomic E-state index is 12.5. The van der Waals surface area contributed by atoms with Gasteiger partial charge in [-0.05, 0) is 24.6 Å². The molecular weight excluding hydrogens is 205 g/mol. The van der Waals surface area contributed by atoms with Crippen LogP contribution in [-0.2, 0) is 6.61 Å². The SMILES string of the molecule is Cc1ccc(COc2ccc(F)nc2)cc1. The van der Waals surface area contributed by atoms with Crippen LogP contribution < -0.4 is 4.74 Å². The van der Waals surface area contributed by atoms with Gasteiger partial charge in [0.15, 0.2) is 0 Å². The fraction of sp³-hybridized carbons (Fsp3) is 0.154. The average molecular weight is 217 g/mol. The third kappa shape index (κ3) is 2.79. The van der Waals surface area contributed by atoms with Crippen molar-refractivity contribution < 1.29 is 9.13 Å². The first kappa shape index (κ1) is 10.6. The number of pyridine rings is 1. The number of rotatable bonds is 3. The Balaban J connectivity index is 1.97. The van der Waals surface area contributed by atoms with Gasteiger partial charge in [-0.25, -0.2) is 4.98 Å². The van der Waals surface area contributed by atoms with Crippen LogP contribution in [0.2, 0.25) is 0 Å². The van der Waals surface area contributed by atoms with Crippen LogP contribution in [0.5, 0.6) is 5.75 Å². The van der Waals surface area contributed by atoms with Crippen molar-refractivity contribution in [1.82, 2.24) is 4.98 Å². The van der Waals surface area contributed by atoms with E-state index in [4.69, 9.17) is 4.74 Å². The second kappa shape index (κ2) is 4.75. The topological polar surface area (TPSA) is 22.1 Å². The van der Waals surface area contributed by atoms with Crippen LogP contribution in [0.25, 0.3) is 0 Å². The number of halogens is 1. The van der Waals surface area contributed by atoms with Crippen molar-refractivity contribution in [3.63, 3.8) is 0 Å². The van der Waals surface area contributed by atoms with E-state index < -0.39 is 5.95 Å². The van der Waals surface area contributed by atoms with Crippen LogP contribution in [-0.4, -0.2) is 4.98 Å². The van der Waals surface area contributed by atoms with E-state index >= 15 is 0 Å². The van der Waals surface area contributed by atoms with Crippen molar-refractivity contribution in [2.75, 3.05) is 0 Å². The fourth-order valence-electron chi connectivity index (χ4n) is 1.30. The monoisotopic (exact) mass is 217 g/mol. The van der Waals surface area contributed by atoms with E-state index in [-0.39, 0.29) is 0 Å². The predicted molar refractivity (Wildman–Crippen MR) is 59.7 cm³/mol.